The van der Waals surface area contributed by atoms with E-state index in [0.717, 1.165) is 11.4 Å². The van der Waals surface area contributed by atoms with Gasteiger partial charge in [0, 0.05) is 24.3 Å². The van der Waals surface area contributed by atoms with Crippen molar-refractivity contribution in [1.82, 2.24) is 19.6 Å². The molecular formula is C13H12ClF2N5. The van der Waals surface area contributed by atoms with E-state index in [2.05, 4.69) is 15.5 Å². The number of anilines is 1. The molecule has 0 atom stereocenters. The van der Waals surface area contributed by atoms with E-state index in [-0.39, 0.29) is 0 Å². The number of nitrogens with one attached hydrogen (secondary N) is 1. The third-order valence-corrected chi connectivity index (χ3v) is 3.41. The van der Waals surface area contributed by atoms with Crippen LogP contribution in [0, 0.1) is 0 Å². The van der Waals surface area contributed by atoms with Crippen LogP contribution in [-0.2, 0) is 13.6 Å². The van der Waals surface area contributed by atoms with Crippen LogP contribution >= 0.6 is 11.6 Å². The molecule has 110 valence electrons. The lowest BCUT2D eigenvalue weighted by molar-refractivity contribution is 0.0615. The number of hydrogen-bond acceptors (Lipinski definition) is 3. The van der Waals surface area contributed by atoms with Gasteiger partial charge in [0.05, 0.1) is 23.3 Å². The highest BCUT2D eigenvalue weighted by Gasteiger charge is 2.11. The summed E-state index contributed by atoms with van der Waals surface area (Å²) in [5.41, 5.74) is 1.91. The monoisotopic (exact) mass is 311 g/mol. The van der Waals surface area contributed by atoms with Crippen molar-refractivity contribution in [3.8, 4) is 0 Å². The van der Waals surface area contributed by atoms with Gasteiger partial charge in [-0.3, -0.25) is 4.68 Å². The lowest BCUT2D eigenvalue weighted by Crippen LogP contribution is -2.02. The zero-order valence-corrected chi connectivity index (χ0v) is 11.8. The zero-order chi connectivity index (χ0) is 15.0. The molecule has 0 saturated heterocycles. The Hall–Kier alpha value is -2.15. The Kier molecular flexibility index (Phi) is 3.50. The number of rotatable bonds is 4. The normalized spacial score (nSPS) is 11.5. The molecule has 0 radical (unpaired) electrons. The van der Waals surface area contributed by atoms with Gasteiger partial charge in [0.1, 0.15) is 5.69 Å². The van der Waals surface area contributed by atoms with Gasteiger partial charge in [0.25, 0.3) is 0 Å². The molecule has 0 fully saturated rings. The molecule has 0 spiro atoms. The number of alkyl halides is 2. The molecule has 8 heteroatoms. The van der Waals surface area contributed by atoms with E-state index < -0.39 is 6.55 Å². The van der Waals surface area contributed by atoms with E-state index >= 15 is 0 Å². The van der Waals surface area contributed by atoms with Crippen molar-refractivity contribution in [3.05, 3.63) is 41.3 Å². The molecule has 1 aromatic carbocycles. The highest BCUT2D eigenvalue weighted by atomic mass is 35.5. The third-order valence-electron chi connectivity index (χ3n) is 3.09. The van der Waals surface area contributed by atoms with Crippen LogP contribution < -0.4 is 5.32 Å². The van der Waals surface area contributed by atoms with Gasteiger partial charge in [0.15, 0.2) is 0 Å². The Balaban J connectivity index is 1.80. The highest BCUT2D eigenvalue weighted by Crippen LogP contribution is 2.23. The fourth-order valence-electron chi connectivity index (χ4n) is 2.13. The van der Waals surface area contributed by atoms with E-state index in [0.29, 0.717) is 27.2 Å². The van der Waals surface area contributed by atoms with Crippen molar-refractivity contribution in [1.29, 1.82) is 0 Å². The number of aromatic nitrogens is 4. The molecule has 0 aliphatic carbocycles. The molecular weight excluding hydrogens is 300 g/mol. The Morgan fingerprint density at radius 2 is 2.19 bits per heavy atom. The Morgan fingerprint density at radius 3 is 2.86 bits per heavy atom. The number of hydrogen-bond donors (Lipinski definition) is 1. The maximum Gasteiger partial charge on any atom is 0.333 e. The summed E-state index contributed by atoms with van der Waals surface area (Å²) in [4.78, 5) is 0. The van der Waals surface area contributed by atoms with Crippen molar-refractivity contribution in [2.45, 2.75) is 13.1 Å². The Labute approximate surface area is 124 Å². The number of aryl methyl sites for hydroxylation is 1. The van der Waals surface area contributed by atoms with Gasteiger partial charge in [-0.1, -0.05) is 11.6 Å². The van der Waals surface area contributed by atoms with Crippen LogP contribution in [0.25, 0.3) is 10.9 Å². The molecule has 3 aromatic rings. The predicted octanol–water partition coefficient (Wildman–Crippen LogP) is 3.43. The summed E-state index contributed by atoms with van der Waals surface area (Å²) in [6.07, 6.45) is 3.13. The van der Waals surface area contributed by atoms with Crippen molar-refractivity contribution in [3.63, 3.8) is 0 Å². The first kappa shape index (κ1) is 13.8. The van der Waals surface area contributed by atoms with Gasteiger partial charge in [-0.05, 0) is 18.2 Å². The van der Waals surface area contributed by atoms with Crippen LogP contribution in [0.3, 0.4) is 0 Å². The summed E-state index contributed by atoms with van der Waals surface area (Å²) in [6, 6.07) is 5.09. The van der Waals surface area contributed by atoms with Gasteiger partial charge in [-0.25, -0.2) is 4.68 Å². The molecule has 0 aliphatic rings. The van der Waals surface area contributed by atoms with Gasteiger partial charge < -0.3 is 5.32 Å². The van der Waals surface area contributed by atoms with Crippen LogP contribution in [0.2, 0.25) is 5.02 Å². The molecule has 2 aromatic heterocycles. The summed E-state index contributed by atoms with van der Waals surface area (Å²) in [7, 11) is 1.79. The van der Waals surface area contributed by atoms with Crippen molar-refractivity contribution >= 4 is 28.2 Å². The number of benzene rings is 1. The minimum Gasteiger partial charge on any atom is -0.379 e. The van der Waals surface area contributed by atoms with Crippen molar-refractivity contribution in [2.24, 2.45) is 7.05 Å². The second kappa shape index (κ2) is 5.33. The van der Waals surface area contributed by atoms with Gasteiger partial charge in [-0.15, -0.1) is 0 Å². The predicted molar refractivity (Wildman–Crippen MR) is 76.5 cm³/mol. The van der Waals surface area contributed by atoms with Crippen LogP contribution in [0.5, 0.6) is 0 Å². The lowest BCUT2D eigenvalue weighted by Gasteiger charge is -2.06. The molecule has 5 nitrogen and oxygen atoms in total. The Bertz CT molecular complexity index is 780. The van der Waals surface area contributed by atoms with E-state index in [1.807, 2.05) is 0 Å². The van der Waals surface area contributed by atoms with Crippen molar-refractivity contribution < 1.29 is 8.78 Å². The number of fused-ring (bicyclic) bond motifs is 1. The SMILES string of the molecule is Cn1cc(Cl)c(CNc2ccc3c(cnn3C(F)F)c2)n1. The van der Waals surface area contributed by atoms with Crippen LogP contribution in [-0.4, -0.2) is 19.6 Å². The van der Waals surface area contributed by atoms with E-state index in [1.54, 1.807) is 36.1 Å². The van der Waals surface area contributed by atoms with Gasteiger partial charge >= 0.3 is 6.55 Å². The molecule has 0 aliphatic heterocycles. The summed E-state index contributed by atoms with van der Waals surface area (Å²) in [6.45, 7) is -2.19. The topological polar surface area (TPSA) is 47.7 Å². The van der Waals surface area contributed by atoms with E-state index in [4.69, 9.17) is 11.6 Å². The van der Waals surface area contributed by atoms with Crippen molar-refractivity contribution in [2.75, 3.05) is 5.32 Å². The standard InChI is InChI=1S/C13H12ClF2N5/c1-20-7-10(14)11(19-20)6-17-9-2-3-12-8(4-9)5-18-21(12)13(15)16/h2-5,7,13,17H,6H2,1H3. The largest absolute Gasteiger partial charge is 0.379 e. The smallest absolute Gasteiger partial charge is 0.333 e. The minimum absolute atomic E-state index is 0.395. The van der Waals surface area contributed by atoms with Gasteiger partial charge in [-0.2, -0.15) is 19.0 Å². The quantitative estimate of drug-likeness (QED) is 0.803. The molecule has 0 saturated carbocycles. The fourth-order valence-corrected chi connectivity index (χ4v) is 2.38. The first-order valence-corrected chi connectivity index (χ1v) is 6.59. The minimum atomic E-state index is -2.64. The van der Waals surface area contributed by atoms with Crippen LogP contribution in [0.15, 0.2) is 30.6 Å². The van der Waals surface area contributed by atoms with Crippen LogP contribution in [0.4, 0.5) is 14.5 Å². The first-order chi connectivity index (χ1) is 10.0. The summed E-state index contributed by atoms with van der Waals surface area (Å²) < 4.78 is 27.7. The summed E-state index contributed by atoms with van der Waals surface area (Å²) in [5, 5.41) is 12.3. The Morgan fingerprint density at radius 1 is 1.38 bits per heavy atom. The highest BCUT2D eigenvalue weighted by molar-refractivity contribution is 6.31. The first-order valence-electron chi connectivity index (χ1n) is 6.22. The molecule has 21 heavy (non-hydrogen) atoms. The number of halogens is 3. The summed E-state index contributed by atoms with van der Waals surface area (Å²) >= 11 is 6.02. The second-order valence-corrected chi connectivity index (χ2v) is 5.00. The maximum atomic E-state index is 12.7. The van der Waals surface area contributed by atoms with E-state index in [1.165, 1.54) is 6.20 Å². The molecule has 2 heterocycles. The summed E-state index contributed by atoms with van der Waals surface area (Å²) in [5.74, 6) is 0. The molecule has 0 amide bonds. The fraction of sp³-hybridized carbons (Fsp3) is 0.231. The van der Waals surface area contributed by atoms with Crippen LogP contribution in [0.1, 0.15) is 12.2 Å². The zero-order valence-electron chi connectivity index (χ0n) is 11.1. The lowest BCUT2D eigenvalue weighted by atomic mass is 10.2. The molecule has 3 rings (SSSR count). The molecule has 1 N–H and O–H groups in total. The number of nitrogens with zero attached hydrogens (tertiary/aromatic N) is 4. The van der Waals surface area contributed by atoms with Gasteiger partial charge in [0.2, 0.25) is 0 Å². The third kappa shape index (κ3) is 2.69. The van der Waals surface area contributed by atoms with E-state index in [9.17, 15) is 8.78 Å². The second-order valence-electron chi connectivity index (χ2n) is 4.59. The average Bonchev–Trinajstić information content (AvgIpc) is 2.99. The maximum absolute atomic E-state index is 12.7. The molecule has 0 bridgehead atoms. The molecule has 0 unspecified atom stereocenters. The average molecular weight is 312 g/mol.